The van der Waals surface area contributed by atoms with Gasteiger partial charge in [0.15, 0.2) is 0 Å². The first kappa shape index (κ1) is 15.9. The van der Waals surface area contributed by atoms with Gasteiger partial charge in [-0.05, 0) is 27.8 Å². The van der Waals surface area contributed by atoms with Crippen molar-refractivity contribution in [2.24, 2.45) is 0 Å². The van der Waals surface area contributed by atoms with E-state index >= 15 is 0 Å². The first-order valence-corrected chi connectivity index (χ1v) is 5.73. The minimum absolute atomic E-state index is 0.0352. The lowest BCUT2D eigenvalue weighted by molar-refractivity contribution is -0.135. The molecular formula is C12H23N3O2. The first-order chi connectivity index (χ1) is 7.69. The third-order valence-electron chi connectivity index (χ3n) is 2.59. The molecule has 1 amide bonds. The lowest BCUT2D eigenvalue weighted by Crippen LogP contribution is -2.48. The average Bonchev–Trinajstić information content (AvgIpc) is 2.21. The molecule has 0 aliphatic rings. The number of likely N-dealkylation sites (N-methyl/N-ethyl adjacent to an activating group) is 2. The molecule has 5 nitrogen and oxygen atoms in total. The van der Waals surface area contributed by atoms with Crippen molar-refractivity contribution in [2.45, 2.75) is 38.8 Å². The van der Waals surface area contributed by atoms with Gasteiger partial charge in [-0.25, -0.2) is 0 Å². The SMILES string of the molecule is CC(C(=O)N(C)CCC#N)N(C)CC(C)(C)O. The third kappa shape index (κ3) is 6.25. The molecule has 0 aliphatic carbocycles. The standard InChI is InChI=1S/C12H23N3O2/c1-10(15(5)9-12(2,3)17)11(16)14(4)8-6-7-13/h10,17H,6,8-9H2,1-5H3. The number of carbonyl (C=O) groups is 1. The van der Waals surface area contributed by atoms with Gasteiger partial charge in [-0.1, -0.05) is 0 Å². The van der Waals surface area contributed by atoms with Crippen LogP contribution in [0.2, 0.25) is 0 Å². The monoisotopic (exact) mass is 241 g/mol. The summed E-state index contributed by atoms with van der Waals surface area (Å²) in [5.74, 6) is -0.0352. The molecule has 1 N–H and O–H groups in total. The highest BCUT2D eigenvalue weighted by molar-refractivity contribution is 5.81. The molecule has 0 aliphatic heterocycles. The van der Waals surface area contributed by atoms with Gasteiger partial charge >= 0.3 is 0 Å². The topological polar surface area (TPSA) is 67.6 Å². The molecule has 0 rings (SSSR count). The average molecular weight is 241 g/mol. The summed E-state index contributed by atoms with van der Waals surface area (Å²) < 4.78 is 0. The van der Waals surface area contributed by atoms with Crippen molar-refractivity contribution in [3.05, 3.63) is 0 Å². The summed E-state index contributed by atoms with van der Waals surface area (Å²) in [6.45, 7) is 6.08. The fourth-order valence-electron chi connectivity index (χ4n) is 1.58. The van der Waals surface area contributed by atoms with Crippen molar-refractivity contribution >= 4 is 5.91 Å². The molecule has 0 radical (unpaired) electrons. The fourth-order valence-corrected chi connectivity index (χ4v) is 1.58. The van der Waals surface area contributed by atoms with E-state index in [-0.39, 0.29) is 11.9 Å². The summed E-state index contributed by atoms with van der Waals surface area (Å²) in [4.78, 5) is 15.3. The Hall–Kier alpha value is -1.12. The van der Waals surface area contributed by atoms with Gasteiger partial charge in [0.2, 0.25) is 5.91 Å². The van der Waals surface area contributed by atoms with Gasteiger partial charge in [-0.15, -0.1) is 0 Å². The Morgan fingerprint density at radius 1 is 1.47 bits per heavy atom. The molecule has 0 fully saturated rings. The van der Waals surface area contributed by atoms with Crippen LogP contribution >= 0.6 is 0 Å². The maximum Gasteiger partial charge on any atom is 0.239 e. The van der Waals surface area contributed by atoms with Gasteiger partial charge in [0.1, 0.15) is 0 Å². The van der Waals surface area contributed by atoms with E-state index in [1.807, 2.05) is 11.0 Å². The van der Waals surface area contributed by atoms with Crippen molar-refractivity contribution in [3.8, 4) is 6.07 Å². The molecule has 0 aromatic carbocycles. The zero-order chi connectivity index (χ0) is 13.6. The summed E-state index contributed by atoms with van der Waals surface area (Å²) in [6.07, 6.45) is 0.337. The van der Waals surface area contributed by atoms with Crippen LogP contribution in [0.1, 0.15) is 27.2 Å². The molecule has 1 unspecified atom stereocenters. The predicted octanol–water partition coefficient (Wildman–Crippen LogP) is 0.450. The van der Waals surface area contributed by atoms with Gasteiger partial charge in [-0.2, -0.15) is 5.26 Å². The van der Waals surface area contributed by atoms with Crippen LogP contribution in [-0.4, -0.2) is 59.6 Å². The molecule has 0 bridgehead atoms. The van der Waals surface area contributed by atoms with Crippen molar-refractivity contribution in [3.63, 3.8) is 0 Å². The number of aliphatic hydroxyl groups is 1. The second-order valence-corrected chi connectivity index (χ2v) is 5.07. The minimum Gasteiger partial charge on any atom is -0.389 e. The Kier molecular flexibility index (Phi) is 6.14. The van der Waals surface area contributed by atoms with Gasteiger partial charge in [0.25, 0.3) is 0 Å². The number of nitrogens with zero attached hydrogens (tertiary/aromatic N) is 3. The Morgan fingerprint density at radius 2 is 2.00 bits per heavy atom. The van der Waals surface area contributed by atoms with Crippen LogP contribution in [0.4, 0.5) is 0 Å². The Balaban J connectivity index is 4.34. The Morgan fingerprint density at radius 3 is 2.41 bits per heavy atom. The van der Waals surface area contributed by atoms with E-state index in [4.69, 9.17) is 5.26 Å². The maximum atomic E-state index is 12.0. The predicted molar refractivity (Wildman–Crippen MR) is 66.3 cm³/mol. The number of amides is 1. The number of hydrogen-bond donors (Lipinski definition) is 1. The molecule has 98 valence electrons. The molecule has 1 atom stereocenters. The molecule has 17 heavy (non-hydrogen) atoms. The van der Waals surface area contributed by atoms with E-state index in [0.29, 0.717) is 19.5 Å². The van der Waals surface area contributed by atoms with Crippen molar-refractivity contribution in [1.82, 2.24) is 9.80 Å². The molecule has 0 aromatic rings. The van der Waals surface area contributed by atoms with E-state index in [9.17, 15) is 9.90 Å². The smallest absolute Gasteiger partial charge is 0.239 e. The van der Waals surface area contributed by atoms with Crippen LogP contribution in [-0.2, 0) is 4.79 Å². The summed E-state index contributed by atoms with van der Waals surface area (Å²) in [5.41, 5.74) is -0.825. The van der Waals surface area contributed by atoms with Gasteiger partial charge < -0.3 is 10.0 Å². The number of nitriles is 1. The molecule has 0 spiro atoms. The van der Waals surface area contributed by atoms with Crippen LogP contribution in [0.15, 0.2) is 0 Å². The molecular weight excluding hydrogens is 218 g/mol. The third-order valence-corrected chi connectivity index (χ3v) is 2.59. The number of rotatable bonds is 6. The second-order valence-electron chi connectivity index (χ2n) is 5.07. The summed E-state index contributed by atoms with van der Waals surface area (Å²) in [6, 6.07) is 1.71. The van der Waals surface area contributed by atoms with Gasteiger partial charge in [-0.3, -0.25) is 9.69 Å². The van der Waals surface area contributed by atoms with E-state index in [1.54, 1.807) is 39.8 Å². The zero-order valence-corrected chi connectivity index (χ0v) is 11.4. The van der Waals surface area contributed by atoms with Crippen LogP contribution in [0.3, 0.4) is 0 Å². The molecule has 0 aromatic heterocycles. The second kappa shape index (κ2) is 6.58. The van der Waals surface area contributed by atoms with Crippen LogP contribution in [0.5, 0.6) is 0 Å². The van der Waals surface area contributed by atoms with E-state index in [2.05, 4.69) is 0 Å². The lowest BCUT2D eigenvalue weighted by Gasteiger charge is -2.31. The largest absolute Gasteiger partial charge is 0.389 e. The zero-order valence-electron chi connectivity index (χ0n) is 11.4. The molecule has 0 saturated heterocycles. The molecule has 0 saturated carbocycles. The fraction of sp³-hybridized carbons (Fsp3) is 0.833. The van der Waals surface area contributed by atoms with Gasteiger partial charge in [0.05, 0.1) is 24.1 Å². The van der Waals surface area contributed by atoms with E-state index in [1.165, 1.54) is 0 Å². The summed E-state index contributed by atoms with van der Waals surface area (Å²) in [5, 5.41) is 18.2. The summed E-state index contributed by atoms with van der Waals surface area (Å²) in [7, 11) is 3.49. The number of hydrogen-bond acceptors (Lipinski definition) is 4. The highest BCUT2D eigenvalue weighted by atomic mass is 16.3. The lowest BCUT2D eigenvalue weighted by atomic mass is 10.1. The number of carbonyl (C=O) groups excluding carboxylic acids is 1. The minimum atomic E-state index is -0.825. The van der Waals surface area contributed by atoms with Crippen LogP contribution in [0, 0.1) is 11.3 Å². The van der Waals surface area contributed by atoms with Crippen molar-refractivity contribution in [2.75, 3.05) is 27.2 Å². The maximum absolute atomic E-state index is 12.0. The normalized spacial score (nSPS) is 13.3. The van der Waals surface area contributed by atoms with E-state index < -0.39 is 5.60 Å². The first-order valence-electron chi connectivity index (χ1n) is 5.73. The quantitative estimate of drug-likeness (QED) is 0.733. The van der Waals surface area contributed by atoms with Crippen LogP contribution < -0.4 is 0 Å². The van der Waals surface area contributed by atoms with Crippen LogP contribution in [0.25, 0.3) is 0 Å². The highest BCUT2D eigenvalue weighted by Gasteiger charge is 2.25. The summed E-state index contributed by atoms with van der Waals surface area (Å²) >= 11 is 0. The van der Waals surface area contributed by atoms with Crippen molar-refractivity contribution < 1.29 is 9.90 Å². The Labute approximate surface area is 104 Å². The molecule has 0 heterocycles. The Bertz CT molecular complexity index is 291. The van der Waals surface area contributed by atoms with E-state index in [0.717, 1.165) is 0 Å². The molecule has 5 heteroatoms. The highest BCUT2D eigenvalue weighted by Crippen LogP contribution is 2.08. The van der Waals surface area contributed by atoms with Gasteiger partial charge in [0, 0.05) is 20.1 Å². The van der Waals surface area contributed by atoms with Crippen molar-refractivity contribution in [1.29, 1.82) is 5.26 Å².